The lowest BCUT2D eigenvalue weighted by molar-refractivity contribution is -0.141. The zero-order valence-electron chi connectivity index (χ0n) is 11.4. The van der Waals surface area contributed by atoms with Crippen molar-refractivity contribution in [2.45, 2.75) is 12.5 Å². The van der Waals surface area contributed by atoms with E-state index in [4.69, 9.17) is 0 Å². The summed E-state index contributed by atoms with van der Waals surface area (Å²) in [6.07, 6.45) is 1.73. The maximum atomic E-state index is 11.5. The highest BCUT2D eigenvalue weighted by atomic mass is 16.4. The minimum Gasteiger partial charge on any atom is -0.503 e. The van der Waals surface area contributed by atoms with E-state index in [9.17, 15) is 25.2 Å². The van der Waals surface area contributed by atoms with Crippen molar-refractivity contribution in [1.82, 2.24) is 9.55 Å². The number of hydrogen-bond acceptors (Lipinski definition) is 4. The standard InChI is InChI=1S/C15H14N2O5/c18-12-6-13(19)17(14(12)20)11(15(21)22)5-8-7-16-10-4-2-1-3-9(8)10/h1-4,6-7,11,16,18-20H,5H2,(H,21,22)/t11-/m0/s1. The first kappa shape index (κ1) is 13.9. The largest absolute Gasteiger partial charge is 0.503 e. The summed E-state index contributed by atoms with van der Waals surface area (Å²) in [4.78, 5) is 14.6. The summed E-state index contributed by atoms with van der Waals surface area (Å²) in [6.45, 7) is 0. The lowest BCUT2D eigenvalue weighted by Crippen LogP contribution is -2.20. The summed E-state index contributed by atoms with van der Waals surface area (Å²) < 4.78 is 0.791. The van der Waals surface area contributed by atoms with Gasteiger partial charge in [0.25, 0.3) is 0 Å². The van der Waals surface area contributed by atoms with Crippen LogP contribution in [0.2, 0.25) is 0 Å². The molecule has 7 nitrogen and oxygen atoms in total. The Morgan fingerprint density at radius 2 is 1.95 bits per heavy atom. The van der Waals surface area contributed by atoms with E-state index in [1.54, 1.807) is 6.20 Å². The average molecular weight is 302 g/mol. The van der Waals surface area contributed by atoms with Crippen molar-refractivity contribution in [3.8, 4) is 17.5 Å². The van der Waals surface area contributed by atoms with Crippen molar-refractivity contribution in [3.63, 3.8) is 0 Å². The number of aromatic amines is 1. The molecule has 0 saturated carbocycles. The molecule has 0 aliphatic heterocycles. The van der Waals surface area contributed by atoms with Gasteiger partial charge in [-0.25, -0.2) is 4.79 Å². The number of aromatic hydroxyl groups is 3. The Kier molecular flexibility index (Phi) is 3.17. The Hall–Kier alpha value is -3.09. The fourth-order valence-corrected chi connectivity index (χ4v) is 2.59. The number of aromatic nitrogens is 2. The van der Waals surface area contributed by atoms with Gasteiger partial charge in [0.2, 0.25) is 5.88 Å². The molecular formula is C15H14N2O5. The molecule has 0 aliphatic rings. The fourth-order valence-electron chi connectivity index (χ4n) is 2.59. The van der Waals surface area contributed by atoms with Crippen molar-refractivity contribution in [3.05, 3.63) is 42.1 Å². The van der Waals surface area contributed by atoms with Crippen molar-refractivity contribution in [1.29, 1.82) is 0 Å². The number of carbonyl (C=O) groups is 1. The predicted molar refractivity (Wildman–Crippen MR) is 78.1 cm³/mol. The quantitative estimate of drug-likeness (QED) is 0.505. The number of benzene rings is 1. The molecule has 1 aromatic carbocycles. The lowest BCUT2D eigenvalue weighted by atomic mass is 10.0. The third-order valence-electron chi connectivity index (χ3n) is 3.65. The number of nitrogens with zero attached hydrogens (tertiary/aromatic N) is 1. The third-order valence-corrected chi connectivity index (χ3v) is 3.65. The SMILES string of the molecule is O=C(O)[C@H](Cc1c[nH]c2ccccc12)n1c(O)cc(O)c1O. The topological polar surface area (TPSA) is 119 Å². The molecule has 2 aromatic heterocycles. The first-order chi connectivity index (χ1) is 10.5. The first-order valence-corrected chi connectivity index (χ1v) is 6.59. The van der Waals surface area contributed by atoms with Gasteiger partial charge in [-0.05, 0) is 11.6 Å². The molecule has 3 aromatic rings. The van der Waals surface area contributed by atoms with Gasteiger partial charge >= 0.3 is 5.97 Å². The van der Waals surface area contributed by atoms with E-state index >= 15 is 0 Å². The van der Waals surface area contributed by atoms with E-state index in [0.29, 0.717) is 0 Å². The molecule has 2 heterocycles. The zero-order chi connectivity index (χ0) is 15.9. The van der Waals surface area contributed by atoms with E-state index in [1.807, 2.05) is 24.3 Å². The number of fused-ring (bicyclic) bond motifs is 1. The number of H-pyrrole nitrogens is 1. The molecule has 1 atom stereocenters. The lowest BCUT2D eigenvalue weighted by Gasteiger charge is -2.16. The van der Waals surface area contributed by atoms with Gasteiger partial charge in [0.15, 0.2) is 11.6 Å². The summed E-state index contributed by atoms with van der Waals surface area (Å²) in [5.74, 6) is -2.99. The second kappa shape index (κ2) is 5.03. The van der Waals surface area contributed by atoms with Gasteiger partial charge in [-0.1, -0.05) is 18.2 Å². The summed E-state index contributed by atoms with van der Waals surface area (Å²) >= 11 is 0. The molecule has 0 unspecified atom stereocenters. The highest BCUT2D eigenvalue weighted by Crippen LogP contribution is 2.37. The Labute approximate surface area is 124 Å². The van der Waals surface area contributed by atoms with Crippen LogP contribution in [-0.2, 0) is 11.2 Å². The van der Waals surface area contributed by atoms with E-state index in [0.717, 1.165) is 27.1 Å². The van der Waals surface area contributed by atoms with Crippen molar-refractivity contribution < 1.29 is 25.2 Å². The second-order valence-electron chi connectivity index (χ2n) is 5.00. The first-order valence-electron chi connectivity index (χ1n) is 6.59. The van der Waals surface area contributed by atoms with Crippen LogP contribution in [0.4, 0.5) is 0 Å². The maximum absolute atomic E-state index is 11.5. The summed E-state index contributed by atoms with van der Waals surface area (Å²) in [5.41, 5.74) is 1.60. The van der Waals surface area contributed by atoms with Crippen LogP contribution in [0.1, 0.15) is 11.6 Å². The van der Waals surface area contributed by atoms with E-state index in [1.165, 1.54) is 0 Å². The van der Waals surface area contributed by atoms with Crippen LogP contribution < -0.4 is 0 Å². The number of aliphatic carboxylic acids is 1. The molecule has 0 radical (unpaired) electrons. The Morgan fingerprint density at radius 1 is 1.23 bits per heavy atom. The van der Waals surface area contributed by atoms with Crippen LogP contribution in [0, 0.1) is 0 Å². The van der Waals surface area contributed by atoms with Crippen LogP contribution in [0.25, 0.3) is 10.9 Å². The van der Waals surface area contributed by atoms with Gasteiger partial charge in [-0.15, -0.1) is 0 Å². The number of hydrogen-bond donors (Lipinski definition) is 5. The summed E-state index contributed by atoms with van der Waals surface area (Å²) in [7, 11) is 0. The molecule has 22 heavy (non-hydrogen) atoms. The Balaban J connectivity index is 2.04. The molecule has 0 bridgehead atoms. The minimum atomic E-state index is -1.25. The maximum Gasteiger partial charge on any atom is 0.327 e. The zero-order valence-corrected chi connectivity index (χ0v) is 11.4. The van der Waals surface area contributed by atoms with Crippen LogP contribution in [0.15, 0.2) is 36.5 Å². The minimum absolute atomic E-state index is 0.0363. The van der Waals surface area contributed by atoms with Gasteiger partial charge in [0.05, 0.1) is 0 Å². The molecule has 7 heteroatoms. The van der Waals surface area contributed by atoms with Gasteiger partial charge in [0.1, 0.15) is 6.04 Å². The molecule has 0 amide bonds. The number of para-hydroxylation sites is 1. The van der Waals surface area contributed by atoms with Crippen molar-refractivity contribution >= 4 is 16.9 Å². The van der Waals surface area contributed by atoms with Gasteiger partial charge in [0, 0.05) is 29.6 Å². The van der Waals surface area contributed by atoms with Gasteiger partial charge < -0.3 is 25.4 Å². The highest BCUT2D eigenvalue weighted by molar-refractivity contribution is 5.84. The Bertz CT molecular complexity index is 849. The number of rotatable bonds is 4. The third kappa shape index (κ3) is 2.12. The second-order valence-corrected chi connectivity index (χ2v) is 5.00. The van der Waals surface area contributed by atoms with Crippen LogP contribution >= 0.6 is 0 Å². The molecule has 114 valence electrons. The highest BCUT2D eigenvalue weighted by Gasteiger charge is 2.28. The molecule has 0 aliphatic carbocycles. The number of carboxylic acid groups (broad SMARTS) is 1. The van der Waals surface area contributed by atoms with Crippen molar-refractivity contribution in [2.24, 2.45) is 0 Å². The molecule has 0 saturated heterocycles. The van der Waals surface area contributed by atoms with E-state index in [2.05, 4.69) is 4.98 Å². The molecule has 0 spiro atoms. The molecule has 5 N–H and O–H groups in total. The number of nitrogens with one attached hydrogen (secondary N) is 1. The van der Waals surface area contributed by atoms with Crippen LogP contribution in [0.5, 0.6) is 17.5 Å². The van der Waals surface area contributed by atoms with E-state index in [-0.39, 0.29) is 6.42 Å². The Morgan fingerprint density at radius 3 is 2.59 bits per heavy atom. The predicted octanol–water partition coefficient (Wildman–Crippen LogP) is 1.95. The van der Waals surface area contributed by atoms with Crippen molar-refractivity contribution in [2.75, 3.05) is 0 Å². The summed E-state index contributed by atoms with van der Waals surface area (Å²) in [6, 6.07) is 7.07. The molecule has 0 fully saturated rings. The van der Waals surface area contributed by atoms with Gasteiger partial charge in [-0.3, -0.25) is 4.57 Å². The monoisotopic (exact) mass is 302 g/mol. The van der Waals surface area contributed by atoms with Crippen LogP contribution in [0.3, 0.4) is 0 Å². The van der Waals surface area contributed by atoms with Crippen LogP contribution in [-0.4, -0.2) is 35.9 Å². The smallest absolute Gasteiger partial charge is 0.327 e. The normalized spacial score (nSPS) is 12.5. The average Bonchev–Trinajstić information content (AvgIpc) is 2.99. The summed E-state index contributed by atoms with van der Waals surface area (Å²) in [5, 5.41) is 39.2. The molecular weight excluding hydrogens is 288 g/mol. The number of carboxylic acids is 1. The van der Waals surface area contributed by atoms with E-state index < -0.39 is 29.5 Å². The van der Waals surface area contributed by atoms with Gasteiger partial charge in [-0.2, -0.15) is 0 Å². The molecule has 3 rings (SSSR count). The fraction of sp³-hybridized carbons (Fsp3) is 0.133.